The lowest BCUT2D eigenvalue weighted by molar-refractivity contribution is -0.125. The summed E-state index contributed by atoms with van der Waals surface area (Å²) in [7, 11) is 3.29. The first-order valence-electron chi connectivity index (χ1n) is 9.34. The molecule has 0 aromatic heterocycles. The molecule has 3 rings (SSSR count). The van der Waals surface area contributed by atoms with Gasteiger partial charge in [0.15, 0.2) is 23.0 Å². The number of benzene rings is 2. The molecule has 1 heterocycles. The number of carbonyl (C=O) groups is 1. The van der Waals surface area contributed by atoms with Crippen molar-refractivity contribution < 1.29 is 23.7 Å². The highest BCUT2D eigenvalue weighted by molar-refractivity contribution is 6.32. The summed E-state index contributed by atoms with van der Waals surface area (Å²) in [6, 6.07) is 9.21. The van der Waals surface area contributed by atoms with E-state index in [2.05, 4.69) is 0 Å². The summed E-state index contributed by atoms with van der Waals surface area (Å²) < 4.78 is 22.0. The Balaban J connectivity index is 1.68. The summed E-state index contributed by atoms with van der Waals surface area (Å²) in [5.41, 5.74) is 1.71. The zero-order valence-corrected chi connectivity index (χ0v) is 17.5. The van der Waals surface area contributed by atoms with Gasteiger partial charge in [-0.15, -0.1) is 0 Å². The molecule has 0 atom stereocenters. The largest absolute Gasteiger partial charge is 0.493 e. The topological polar surface area (TPSA) is 57.2 Å². The summed E-state index contributed by atoms with van der Waals surface area (Å²) in [4.78, 5) is 14.1. The van der Waals surface area contributed by atoms with Crippen LogP contribution in [0.3, 0.4) is 0 Å². The molecule has 0 aliphatic carbocycles. The minimum atomic E-state index is -0.135. The summed E-state index contributed by atoms with van der Waals surface area (Å²) >= 11 is 6.28. The molecule has 0 radical (unpaired) electrons. The second-order valence-electron chi connectivity index (χ2n) is 6.47. The number of hydrogen-bond acceptors (Lipinski definition) is 5. The van der Waals surface area contributed by atoms with Crippen molar-refractivity contribution in [1.82, 2.24) is 4.90 Å². The molecule has 0 N–H and O–H groups in total. The molecule has 154 valence electrons. The van der Waals surface area contributed by atoms with Gasteiger partial charge in [0.1, 0.15) is 13.2 Å². The van der Waals surface area contributed by atoms with Gasteiger partial charge in [0.05, 0.1) is 18.7 Å². The van der Waals surface area contributed by atoms with Crippen LogP contribution < -0.4 is 18.9 Å². The predicted molar refractivity (Wildman–Crippen MR) is 112 cm³/mol. The molecule has 0 saturated carbocycles. The van der Waals surface area contributed by atoms with E-state index >= 15 is 0 Å². The maximum absolute atomic E-state index is 12.5. The van der Waals surface area contributed by atoms with E-state index in [1.807, 2.05) is 25.1 Å². The van der Waals surface area contributed by atoms with Crippen molar-refractivity contribution in [2.45, 2.75) is 13.5 Å². The van der Waals surface area contributed by atoms with Crippen LogP contribution in [0.15, 0.2) is 36.4 Å². The van der Waals surface area contributed by atoms with Crippen LogP contribution in [0.4, 0.5) is 0 Å². The zero-order valence-electron chi connectivity index (χ0n) is 16.7. The summed E-state index contributed by atoms with van der Waals surface area (Å²) in [5.74, 6) is 2.33. The van der Waals surface area contributed by atoms with Crippen molar-refractivity contribution >= 4 is 23.6 Å². The van der Waals surface area contributed by atoms with Crippen molar-refractivity contribution in [3.8, 4) is 23.0 Å². The average Bonchev–Trinajstić information content (AvgIpc) is 2.73. The first-order chi connectivity index (χ1) is 14.0. The fraction of sp³-hybridized carbons (Fsp3) is 0.318. The highest BCUT2D eigenvalue weighted by atomic mass is 35.5. The van der Waals surface area contributed by atoms with E-state index in [1.165, 1.54) is 6.08 Å². The third kappa shape index (κ3) is 5.15. The van der Waals surface area contributed by atoms with Crippen LogP contribution in [0.1, 0.15) is 18.1 Å². The number of nitrogens with zero attached hydrogens (tertiary/aromatic N) is 1. The lowest BCUT2D eigenvalue weighted by Gasteiger charge is -2.20. The Morgan fingerprint density at radius 2 is 1.97 bits per heavy atom. The van der Waals surface area contributed by atoms with E-state index < -0.39 is 0 Å². The molecule has 0 saturated heterocycles. The van der Waals surface area contributed by atoms with Crippen molar-refractivity contribution in [3.63, 3.8) is 0 Å². The van der Waals surface area contributed by atoms with Crippen LogP contribution in [0.2, 0.25) is 5.02 Å². The summed E-state index contributed by atoms with van der Waals surface area (Å²) in [6.45, 7) is 3.89. The number of fused-ring (bicyclic) bond motifs is 1. The number of likely N-dealkylation sites (N-methyl/N-ethyl adjacent to an activating group) is 1. The van der Waals surface area contributed by atoms with E-state index in [1.54, 1.807) is 37.3 Å². The molecule has 0 fully saturated rings. The van der Waals surface area contributed by atoms with E-state index in [0.29, 0.717) is 48.6 Å². The minimum absolute atomic E-state index is 0.135. The molecule has 0 unspecified atom stereocenters. The van der Waals surface area contributed by atoms with Gasteiger partial charge in [-0.25, -0.2) is 0 Å². The van der Waals surface area contributed by atoms with Gasteiger partial charge in [-0.2, -0.15) is 0 Å². The monoisotopic (exact) mass is 417 g/mol. The van der Waals surface area contributed by atoms with Gasteiger partial charge < -0.3 is 23.8 Å². The zero-order chi connectivity index (χ0) is 20.8. The molecule has 29 heavy (non-hydrogen) atoms. The van der Waals surface area contributed by atoms with Gasteiger partial charge >= 0.3 is 0 Å². The van der Waals surface area contributed by atoms with Crippen LogP contribution in [0, 0.1) is 0 Å². The van der Waals surface area contributed by atoms with Crippen molar-refractivity contribution in [3.05, 3.63) is 52.6 Å². The standard InChI is InChI=1S/C22H24ClNO5/c1-4-27-22-17(23)11-15(12-20(22)26-3)6-8-21(25)24(2)14-16-5-7-18-19(13-16)29-10-9-28-18/h5-8,11-13H,4,9-10,14H2,1-3H3/b8-6+. The van der Waals surface area contributed by atoms with Crippen LogP contribution in [-0.4, -0.2) is 44.8 Å². The van der Waals surface area contributed by atoms with Crippen molar-refractivity contribution in [2.75, 3.05) is 34.0 Å². The van der Waals surface area contributed by atoms with Gasteiger partial charge in [0, 0.05) is 19.7 Å². The van der Waals surface area contributed by atoms with E-state index in [-0.39, 0.29) is 5.91 Å². The lowest BCUT2D eigenvalue weighted by Crippen LogP contribution is -2.24. The third-order valence-corrected chi connectivity index (χ3v) is 4.64. The van der Waals surface area contributed by atoms with Crippen LogP contribution in [0.25, 0.3) is 6.08 Å². The molecule has 1 aliphatic heterocycles. The minimum Gasteiger partial charge on any atom is -0.493 e. The van der Waals surface area contributed by atoms with Gasteiger partial charge in [0.2, 0.25) is 5.91 Å². The molecule has 2 aromatic rings. The molecule has 0 spiro atoms. The van der Waals surface area contributed by atoms with Crippen LogP contribution >= 0.6 is 11.6 Å². The smallest absolute Gasteiger partial charge is 0.246 e. The normalized spacial score (nSPS) is 12.7. The number of halogens is 1. The van der Waals surface area contributed by atoms with Crippen molar-refractivity contribution in [2.24, 2.45) is 0 Å². The first kappa shape index (κ1) is 20.9. The Kier molecular flexibility index (Phi) is 6.88. The third-order valence-electron chi connectivity index (χ3n) is 4.36. The Bertz CT molecular complexity index is 912. The Morgan fingerprint density at radius 1 is 1.21 bits per heavy atom. The Morgan fingerprint density at radius 3 is 2.69 bits per heavy atom. The number of amides is 1. The quantitative estimate of drug-likeness (QED) is 0.632. The number of ether oxygens (including phenoxy) is 4. The first-order valence-corrected chi connectivity index (χ1v) is 9.71. The second kappa shape index (κ2) is 9.56. The lowest BCUT2D eigenvalue weighted by atomic mass is 10.1. The van der Waals surface area contributed by atoms with E-state index in [4.69, 9.17) is 30.5 Å². The van der Waals surface area contributed by atoms with Crippen molar-refractivity contribution in [1.29, 1.82) is 0 Å². The molecule has 7 heteroatoms. The molecule has 0 bridgehead atoms. The average molecular weight is 418 g/mol. The summed E-state index contributed by atoms with van der Waals surface area (Å²) in [5, 5.41) is 0.433. The highest BCUT2D eigenvalue weighted by Crippen LogP contribution is 2.36. The molecule has 1 aliphatic rings. The fourth-order valence-electron chi connectivity index (χ4n) is 2.95. The van der Waals surface area contributed by atoms with E-state index in [0.717, 1.165) is 16.9 Å². The highest BCUT2D eigenvalue weighted by Gasteiger charge is 2.14. The Hall–Kier alpha value is -2.86. The van der Waals surface area contributed by atoms with Gasteiger partial charge in [-0.05, 0) is 48.4 Å². The molecule has 6 nitrogen and oxygen atoms in total. The number of methoxy groups -OCH3 is 1. The second-order valence-corrected chi connectivity index (χ2v) is 6.88. The van der Waals surface area contributed by atoms with Gasteiger partial charge in [0.25, 0.3) is 0 Å². The number of carbonyl (C=O) groups excluding carboxylic acids is 1. The maximum atomic E-state index is 12.5. The molecule has 1 amide bonds. The number of rotatable bonds is 7. The summed E-state index contributed by atoms with van der Waals surface area (Å²) in [6.07, 6.45) is 3.20. The molecule has 2 aromatic carbocycles. The van der Waals surface area contributed by atoms with E-state index in [9.17, 15) is 4.79 Å². The SMILES string of the molecule is CCOc1c(Cl)cc(/C=C/C(=O)N(C)Cc2ccc3c(c2)OCCO3)cc1OC. The molecular formula is C22H24ClNO5. The van der Waals surface area contributed by atoms with Crippen LogP contribution in [0.5, 0.6) is 23.0 Å². The number of hydrogen-bond donors (Lipinski definition) is 0. The fourth-order valence-corrected chi connectivity index (χ4v) is 3.23. The van der Waals surface area contributed by atoms with Crippen LogP contribution in [-0.2, 0) is 11.3 Å². The predicted octanol–water partition coefficient (Wildman–Crippen LogP) is 4.19. The molecular weight excluding hydrogens is 394 g/mol. The van der Waals surface area contributed by atoms with Gasteiger partial charge in [-0.1, -0.05) is 17.7 Å². The Labute approximate surface area is 175 Å². The van der Waals surface area contributed by atoms with Gasteiger partial charge in [-0.3, -0.25) is 4.79 Å². The maximum Gasteiger partial charge on any atom is 0.246 e.